The van der Waals surface area contributed by atoms with Crippen LogP contribution in [0.2, 0.25) is 50.6 Å². The number of hydrogen-bond acceptors (Lipinski definition) is 2. The summed E-state index contributed by atoms with van der Waals surface area (Å²) in [7, 11) is -5.07. The second kappa shape index (κ2) is 5.50. The molecule has 1 radical (unpaired) electrons. The van der Waals surface area contributed by atoms with E-state index >= 15 is 0 Å². The van der Waals surface area contributed by atoms with Crippen molar-refractivity contribution in [3.63, 3.8) is 0 Å². The van der Waals surface area contributed by atoms with E-state index in [1.807, 2.05) is 0 Å². The van der Waals surface area contributed by atoms with Crippen LogP contribution in [0.15, 0.2) is 0 Å². The van der Waals surface area contributed by atoms with Crippen LogP contribution in [0, 0.1) is 0 Å². The van der Waals surface area contributed by atoms with E-state index in [4.69, 9.17) is 4.43 Å². The van der Waals surface area contributed by atoms with E-state index in [0.29, 0.717) is 0 Å². The maximum absolute atomic E-state index is 12.2. The second-order valence-electron chi connectivity index (χ2n) is 6.66. The Hall–Kier alpha value is -0.0894. The molecule has 0 saturated heterocycles. The Morgan fingerprint density at radius 2 is 1.39 bits per heavy atom. The molecule has 0 aliphatic rings. The average molecular weight is 316 g/mol. The Morgan fingerprint density at radius 3 is 1.61 bits per heavy atom. The van der Waals surface area contributed by atoms with Crippen molar-refractivity contribution in [1.29, 1.82) is 0 Å². The quantitative estimate of drug-likeness (QED) is 0.737. The number of carbonyl (C=O) groups is 1. The highest BCUT2D eigenvalue weighted by atomic mass is 28.4. The van der Waals surface area contributed by atoms with Crippen LogP contribution in [0.4, 0.5) is 13.2 Å². The third-order valence-electron chi connectivity index (χ3n) is 2.62. The van der Waals surface area contributed by atoms with E-state index in [0.717, 1.165) is 0 Å². The van der Waals surface area contributed by atoms with Crippen LogP contribution >= 0.6 is 0 Å². The van der Waals surface area contributed by atoms with Gasteiger partial charge in [-0.05, 0) is 11.3 Å². The van der Waals surface area contributed by atoms with Crippen molar-refractivity contribution in [2.45, 2.75) is 56.8 Å². The number of hydrogen-bond donors (Lipinski definition) is 0. The first-order valence-electron chi connectivity index (χ1n) is 5.80. The largest absolute Gasteiger partial charge is 0.512 e. The maximum atomic E-state index is 12.2. The molecule has 2 nitrogen and oxygen atoms in total. The van der Waals surface area contributed by atoms with E-state index in [9.17, 15) is 18.0 Å². The van der Waals surface area contributed by atoms with Gasteiger partial charge in [0.25, 0.3) is 9.04 Å². The Bertz CT molecular complexity index is 291. The molecular formula is C10H22F3O2Si3. The van der Waals surface area contributed by atoms with Gasteiger partial charge in [0.05, 0.1) is 0 Å². The molecule has 0 aliphatic heterocycles. The number of rotatable bonds is 4. The highest BCUT2D eigenvalue weighted by molar-refractivity contribution is 7.06. The van der Waals surface area contributed by atoms with Crippen LogP contribution in [0.5, 0.6) is 0 Å². The van der Waals surface area contributed by atoms with Crippen molar-refractivity contribution in [2.24, 2.45) is 0 Å². The van der Waals surface area contributed by atoms with E-state index in [-0.39, 0.29) is 4.79 Å². The molecule has 0 fully saturated rings. The van der Waals surface area contributed by atoms with Gasteiger partial charge in [-0.15, -0.1) is 0 Å². The fraction of sp³-hybridized carbons (Fsp3) is 0.900. The number of alkyl halides is 3. The van der Waals surface area contributed by atoms with Gasteiger partial charge in [-0.3, -0.25) is 0 Å². The first-order valence-corrected chi connectivity index (χ1v) is 14.9. The lowest BCUT2D eigenvalue weighted by Gasteiger charge is -2.40. The van der Waals surface area contributed by atoms with Crippen LogP contribution < -0.4 is 0 Å². The third-order valence-corrected chi connectivity index (χ3v) is 20.2. The van der Waals surface area contributed by atoms with Gasteiger partial charge in [0.2, 0.25) is 0 Å². The van der Waals surface area contributed by atoms with E-state index < -0.39 is 37.3 Å². The molecule has 0 amide bonds. The van der Waals surface area contributed by atoms with Crippen LogP contribution in [0.25, 0.3) is 0 Å². The number of carbonyl (C=O) groups excluding carboxylic acids is 1. The molecule has 0 spiro atoms. The molecule has 0 unspecified atom stereocenters. The molecule has 0 heterocycles. The predicted octanol–water partition coefficient (Wildman–Crippen LogP) is 3.84. The van der Waals surface area contributed by atoms with Gasteiger partial charge in [0.15, 0.2) is 0 Å². The first-order chi connectivity index (χ1) is 7.67. The summed E-state index contributed by atoms with van der Waals surface area (Å²) in [6.45, 7) is 14.5. The highest BCUT2D eigenvalue weighted by Gasteiger charge is 2.48. The molecule has 0 aromatic heterocycles. The first kappa shape index (κ1) is 17.9. The summed E-state index contributed by atoms with van der Waals surface area (Å²) in [5.74, 6) is -2.03. The third kappa shape index (κ3) is 5.27. The minimum atomic E-state index is -4.88. The molecule has 0 aromatic rings. The Kier molecular flexibility index (Phi) is 5.47. The summed E-state index contributed by atoms with van der Waals surface area (Å²) in [4.78, 5) is 11.1. The summed E-state index contributed by atoms with van der Waals surface area (Å²) in [5.41, 5.74) is 0. The van der Waals surface area contributed by atoms with Crippen molar-refractivity contribution >= 4 is 31.2 Å². The fourth-order valence-corrected chi connectivity index (χ4v) is 23.8. The van der Waals surface area contributed by atoms with Crippen molar-refractivity contribution in [1.82, 2.24) is 0 Å². The molecule has 18 heavy (non-hydrogen) atoms. The zero-order chi connectivity index (χ0) is 14.9. The van der Waals surface area contributed by atoms with Crippen molar-refractivity contribution in [3.8, 4) is 0 Å². The lowest BCUT2D eigenvalue weighted by molar-refractivity contribution is -0.190. The van der Waals surface area contributed by atoms with E-state index in [1.54, 1.807) is 6.55 Å². The van der Waals surface area contributed by atoms with Gasteiger partial charge in [-0.2, -0.15) is 13.2 Å². The lowest BCUT2D eigenvalue weighted by atomic mass is 10.7. The van der Waals surface area contributed by atoms with Gasteiger partial charge in [-0.1, -0.05) is 39.3 Å². The van der Waals surface area contributed by atoms with Crippen LogP contribution in [-0.2, 0) is 9.22 Å². The summed E-state index contributed by atoms with van der Waals surface area (Å²) in [6.07, 6.45) is -4.88. The van der Waals surface area contributed by atoms with Gasteiger partial charge in [0.1, 0.15) is 0 Å². The summed E-state index contributed by atoms with van der Waals surface area (Å²) in [6, 6.07) is 0. The standard InChI is InChI=1S/C10H22F3O2Si3/c1-16(15-8(14)10(11,12)13)9(17(2,3)4)18(5,6)7/h9H,1-7H3. The molecule has 0 saturated carbocycles. The molecule has 0 aliphatic carbocycles. The molecular weight excluding hydrogens is 293 g/mol. The summed E-state index contributed by atoms with van der Waals surface area (Å²) in [5, 5.41) is 0. The smallest absolute Gasteiger partial charge is 0.489 e. The van der Waals surface area contributed by atoms with Gasteiger partial charge >= 0.3 is 12.1 Å². The minimum Gasteiger partial charge on any atom is -0.512 e. The normalized spacial score (nSPS) is 14.2. The number of halogens is 3. The second-order valence-corrected chi connectivity index (χ2v) is 21.0. The van der Waals surface area contributed by atoms with Crippen molar-refractivity contribution in [2.75, 3.05) is 0 Å². The molecule has 0 rings (SSSR count). The van der Waals surface area contributed by atoms with E-state index in [1.165, 1.54) is 0 Å². The Labute approximate surface area is 111 Å². The topological polar surface area (TPSA) is 26.3 Å². The zero-order valence-electron chi connectivity index (χ0n) is 12.0. The van der Waals surface area contributed by atoms with Gasteiger partial charge in [0, 0.05) is 16.1 Å². The van der Waals surface area contributed by atoms with E-state index in [2.05, 4.69) is 39.3 Å². The molecule has 0 atom stereocenters. The van der Waals surface area contributed by atoms with Crippen LogP contribution in [0.3, 0.4) is 0 Å². The minimum absolute atomic E-state index is 0.196. The average Bonchev–Trinajstić information content (AvgIpc) is 1.94. The van der Waals surface area contributed by atoms with Crippen LogP contribution in [-0.4, -0.2) is 37.3 Å². The Balaban J connectivity index is 5.03. The molecule has 0 bridgehead atoms. The SMILES string of the molecule is C[Si](OC(=O)C(F)(F)F)C([Si](C)(C)C)[Si](C)(C)C. The van der Waals surface area contributed by atoms with Crippen molar-refractivity contribution in [3.05, 3.63) is 0 Å². The monoisotopic (exact) mass is 315 g/mol. The molecule has 8 heteroatoms. The molecule has 0 N–H and O–H groups in total. The molecule has 107 valence electrons. The van der Waals surface area contributed by atoms with Gasteiger partial charge in [-0.25, -0.2) is 4.79 Å². The lowest BCUT2D eigenvalue weighted by Crippen LogP contribution is -2.53. The fourth-order valence-electron chi connectivity index (χ4n) is 2.78. The van der Waals surface area contributed by atoms with Gasteiger partial charge < -0.3 is 4.43 Å². The highest BCUT2D eigenvalue weighted by Crippen LogP contribution is 2.35. The summed E-state index contributed by atoms with van der Waals surface area (Å²) >= 11 is 0. The summed E-state index contributed by atoms with van der Waals surface area (Å²) < 4.78 is 41.4. The Morgan fingerprint density at radius 1 is 1.06 bits per heavy atom. The molecule has 0 aromatic carbocycles. The van der Waals surface area contributed by atoms with Crippen molar-refractivity contribution < 1.29 is 22.4 Å². The maximum Gasteiger partial charge on any atom is 0.489 e. The zero-order valence-corrected chi connectivity index (χ0v) is 15.0. The predicted molar refractivity (Wildman–Crippen MR) is 74.2 cm³/mol. The van der Waals surface area contributed by atoms with Crippen LogP contribution in [0.1, 0.15) is 0 Å².